The van der Waals surface area contributed by atoms with Crippen molar-refractivity contribution in [2.75, 3.05) is 23.0 Å². The van der Waals surface area contributed by atoms with Crippen LogP contribution in [-0.2, 0) is 4.79 Å². The van der Waals surface area contributed by atoms with Crippen LogP contribution >= 0.6 is 11.8 Å². The van der Waals surface area contributed by atoms with Crippen LogP contribution in [0.15, 0.2) is 65.0 Å². The Morgan fingerprint density at radius 2 is 1.97 bits per heavy atom. The molecule has 0 saturated carbocycles. The van der Waals surface area contributed by atoms with Crippen LogP contribution in [0.3, 0.4) is 0 Å². The number of ether oxygens (including phenoxy) is 1. The number of nitrogens with zero attached hydrogens (tertiary/aromatic N) is 3. The van der Waals surface area contributed by atoms with E-state index in [1.54, 1.807) is 41.9 Å². The van der Waals surface area contributed by atoms with E-state index in [1.807, 2.05) is 26.0 Å². The number of nitrogens with one attached hydrogen (secondary N) is 2. The van der Waals surface area contributed by atoms with Crippen molar-refractivity contribution in [2.45, 2.75) is 32.0 Å². The number of anilines is 2. The molecule has 2 heterocycles. The van der Waals surface area contributed by atoms with E-state index in [1.165, 1.54) is 17.8 Å². The minimum Gasteiger partial charge on any atom is -0.492 e. The molecule has 0 fully saturated rings. The number of fused-ring (bicyclic) bond motifs is 1. The Bertz CT molecular complexity index is 1180. The molecule has 9 heteroatoms. The highest BCUT2D eigenvalue weighted by atomic mass is 32.2. The number of hydrogen-bond donors (Lipinski definition) is 2. The number of halogens is 1. The SMILES string of the molecule is CCOc1ccccc1NC(=O)C1=C(C)Nc2nc(SCC)nn2C1c1ccccc1F. The number of para-hydroxylation sites is 2. The highest BCUT2D eigenvalue weighted by Gasteiger charge is 2.36. The number of allylic oxidation sites excluding steroid dienone is 1. The molecule has 1 aliphatic rings. The largest absolute Gasteiger partial charge is 0.492 e. The van der Waals surface area contributed by atoms with Gasteiger partial charge in [-0.25, -0.2) is 9.07 Å². The van der Waals surface area contributed by atoms with E-state index >= 15 is 0 Å². The van der Waals surface area contributed by atoms with E-state index in [4.69, 9.17) is 4.74 Å². The number of aromatic nitrogens is 3. The van der Waals surface area contributed by atoms with Crippen LogP contribution in [0.5, 0.6) is 5.75 Å². The van der Waals surface area contributed by atoms with Gasteiger partial charge in [0.25, 0.3) is 5.91 Å². The second kappa shape index (κ2) is 9.44. The number of rotatable bonds is 7. The normalized spacial score (nSPS) is 15.2. The van der Waals surface area contributed by atoms with Gasteiger partial charge in [0.15, 0.2) is 0 Å². The molecule has 0 saturated heterocycles. The van der Waals surface area contributed by atoms with E-state index in [9.17, 15) is 9.18 Å². The van der Waals surface area contributed by atoms with Gasteiger partial charge < -0.3 is 15.4 Å². The predicted octanol–water partition coefficient (Wildman–Crippen LogP) is 4.86. The van der Waals surface area contributed by atoms with Crippen LogP contribution in [0.4, 0.5) is 16.0 Å². The lowest BCUT2D eigenvalue weighted by atomic mass is 9.94. The smallest absolute Gasteiger partial charge is 0.255 e. The van der Waals surface area contributed by atoms with Crippen LogP contribution in [0.25, 0.3) is 0 Å². The van der Waals surface area contributed by atoms with Gasteiger partial charge in [0.2, 0.25) is 11.1 Å². The highest BCUT2D eigenvalue weighted by Crippen LogP contribution is 2.38. The first kappa shape index (κ1) is 21.9. The molecule has 1 amide bonds. The van der Waals surface area contributed by atoms with Gasteiger partial charge in [0, 0.05) is 11.3 Å². The maximum absolute atomic E-state index is 14.9. The molecular weight excluding hydrogens is 429 g/mol. The van der Waals surface area contributed by atoms with Crippen molar-refractivity contribution in [3.63, 3.8) is 0 Å². The fraction of sp³-hybridized carbons (Fsp3) is 0.261. The summed E-state index contributed by atoms with van der Waals surface area (Å²) in [5, 5.41) is 11.2. The van der Waals surface area contributed by atoms with Crippen molar-refractivity contribution < 1.29 is 13.9 Å². The average Bonchev–Trinajstić information content (AvgIpc) is 3.17. The molecule has 4 rings (SSSR count). The molecule has 0 aliphatic carbocycles. The van der Waals surface area contributed by atoms with E-state index in [2.05, 4.69) is 20.7 Å². The zero-order valence-electron chi connectivity index (χ0n) is 18.1. The van der Waals surface area contributed by atoms with Crippen molar-refractivity contribution in [3.05, 3.63) is 71.2 Å². The lowest BCUT2D eigenvalue weighted by Gasteiger charge is -2.29. The maximum Gasteiger partial charge on any atom is 0.255 e. The van der Waals surface area contributed by atoms with Gasteiger partial charge in [-0.1, -0.05) is 49.0 Å². The Morgan fingerprint density at radius 1 is 1.22 bits per heavy atom. The monoisotopic (exact) mass is 453 g/mol. The summed E-state index contributed by atoms with van der Waals surface area (Å²) in [6, 6.07) is 12.8. The molecule has 166 valence electrons. The Hall–Kier alpha value is -3.33. The molecule has 7 nitrogen and oxygen atoms in total. The highest BCUT2D eigenvalue weighted by molar-refractivity contribution is 7.99. The number of hydrogen-bond acceptors (Lipinski definition) is 6. The van der Waals surface area contributed by atoms with Gasteiger partial charge >= 0.3 is 0 Å². The minimum atomic E-state index is -0.773. The fourth-order valence-electron chi connectivity index (χ4n) is 3.64. The summed E-state index contributed by atoms with van der Waals surface area (Å²) >= 11 is 1.48. The third-order valence-electron chi connectivity index (χ3n) is 4.99. The average molecular weight is 454 g/mol. The molecule has 2 N–H and O–H groups in total. The summed E-state index contributed by atoms with van der Waals surface area (Å²) in [6.07, 6.45) is 0. The number of carbonyl (C=O) groups is 1. The van der Waals surface area contributed by atoms with Crippen molar-refractivity contribution in [2.24, 2.45) is 0 Å². The van der Waals surface area contributed by atoms with E-state index < -0.39 is 11.9 Å². The second-order valence-corrected chi connectivity index (χ2v) is 8.30. The minimum absolute atomic E-state index is 0.343. The van der Waals surface area contributed by atoms with E-state index in [0.717, 1.165) is 5.75 Å². The van der Waals surface area contributed by atoms with Crippen LogP contribution in [0.2, 0.25) is 0 Å². The molecule has 3 aromatic rings. The molecule has 2 aromatic carbocycles. The molecule has 0 bridgehead atoms. The first-order valence-corrected chi connectivity index (χ1v) is 11.4. The Kier molecular flexibility index (Phi) is 6.45. The molecular formula is C23H24FN5O2S. The first-order valence-electron chi connectivity index (χ1n) is 10.4. The molecule has 1 aromatic heterocycles. The Balaban J connectivity index is 1.78. The molecule has 32 heavy (non-hydrogen) atoms. The zero-order chi connectivity index (χ0) is 22.7. The standard InChI is InChI=1S/C23H24FN5O2S/c1-4-31-18-13-9-8-12-17(18)26-21(30)19-14(3)25-22-27-23(32-5-2)28-29(22)20(19)15-10-6-7-11-16(15)24/h6-13,20H,4-5H2,1-3H3,(H,26,30)(H,25,27,28). The van der Waals surface area contributed by atoms with Gasteiger partial charge in [-0.15, -0.1) is 5.10 Å². The number of amides is 1. The summed E-state index contributed by atoms with van der Waals surface area (Å²) in [6.45, 7) is 6.13. The molecule has 0 spiro atoms. The first-order chi connectivity index (χ1) is 15.5. The molecule has 1 unspecified atom stereocenters. The van der Waals surface area contributed by atoms with Gasteiger partial charge in [-0.2, -0.15) is 4.98 Å². The lowest BCUT2D eigenvalue weighted by Crippen LogP contribution is -2.32. The van der Waals surface area contributed by atoms with E-state index in [-0.39, 0.29) is 5.91 Å². The third kappa shape index (κ3) is 4.20. The van der Waals surface area contributed by atoms with Crippen molar-refractivity contribution in [3.8, 4) is 5.75 Å². The Labute approximate surface area is 190 Å². The van der Waals surface area contributed by atoms with Gasteiger partial charge in [-0.05, 0) is 37.8 Å². The summed E-state index contributed by atoms with van der Waals surface area (Å²) in [4.78, 5) is 18.0. The fourth-order valence-corrected chi connectivity index (χ4v) is 4.20. The number of carbonyl (C=O) groups excluding carboxylic acids is 1. The van der Waals surface area contributed by atoms with Crippen molar-refractivity contribution >= 4 is 29.3 Å². The number of thioether (sulfide) groups is 1. The van der Waals surface area contributed by atoms with Crippen molar-refractivity contribution in [1.82, 2.24) is 14.8 Å². The maximum atomic E-state index is 14.9. The molecule has 1 aliphatic heterocycles. The summed E-state index contributed by atoms with van der Waals surface area (Å²) < 4.78 is 22.1. The quantitative estimate of drug-likeness (QED) is 0.498. The molecule has 1 atom stereocenters. The van der Waals surface area contributed by atoms with Crippen LogP contribution in [-0.4, -0.2) is 33.0 Å². The van der Waals surface area contributed by atoms with E-state index in [0.29, 0.717) is 46.0 Å². The van der Waals surface area contributed by atoms with Crippen LogP contribution < -0.4 is 15.4 Å². The van der Waals surface area contributed by atoms with Crippen LogP contribution in [0, 0.1) is 5.82 Å². The lowest BCUT2D eigenvalue weighted by molar-refractivity contribution is -0.113. The zero-order valence-corrected chi connectivity index (χ0v) is 18.9. The summed E-state index contributed by atoms with van der Waals surface area (Å²) in [7, 11) is 0. The van der Waals surface area contributed by atoms with Crippen LogP contribution in [0.1, 0.15) is 32.4 Å². The Morgan fingerprint density at radius 3 is 2.72 bits per heavy atom. The summed E-state index contributed by atoms with van der Waals surface area (Å²) in [5.74, 6) is 1.04. The number of benzene rings is 2. The summed E-state index contributed by atoms with van der Waals surface area (Å²) in [5.41, 5.74) is 1.82. The van der Waals surface area contributed by atoms with Crippen molar-refractivity contribution in [1.29, 1.82) is 0 Å². The van der Waals surface area contributed by atoms with Gasteiger partial charge in [0.1, 0.15) is 17.6 Å². The van der Waals surface area contributed by atoms with Gasteiger partial charge in [0.05, 0.1) is 17.9 Å². The van der Waals surface area contributed by atoms with Gasteiger partial charge in [-0.3, -0.25) is 4.79 Å². The topological polar surface area (TPSA) is 81.1 Å². The third-order valence-corrected chi connectivity index (χ3v) is 5.71. The molecule has 0 radical (unpaired) electrons. The predicted molar refractivity (Wildman–Crippen MR) is 124 cm³/mol. The second-order valence-electron chi connectivity index (χ2n) is 7.07.